The number of aliphatic hydroxyl groups is 6. The van der Waals surface area contributed by atoms with E-state index in [1.807, 2.05) is 18.2 Å². The second-order valence-electron chi connectivity index (χ2n) is 13.9. The van der Waals surface area contributed by atoms with Crippen LogP contribution in [-0.4, -0.2) is 96.9 Å². The number of carbonyl (C=O) groups is 4. The number of hydrogen-bond donors (Lipinski definition) is 7. The van der Waals surface area contributed by atoms with Gasteiger partial charge >= 0.3 is 5.97 Å². The van der Waals surface area contributed by atoms with Crippen LogP contribution in [0.15, 0.2) is 54.6 Å². The summed E-state index contributed by atoms with van der Waals surface area (Å²) in [6.45, 7) is 1.32. The Morgan fingerprint density at radius 2 is 1.53 bits per heavy atom. The zero-order chi connectivity index (χ0) is 41.1. The van der Waals surface area contributed by atoms with Gasteiger partial charge in [-0.3, -0.25) is 19.2 Å². The average molecular weight is 783 g/mol. The Labute approximate surface area is 326 Å². The van der Waals surface area contributed by atoms with Crippen LogP contribution in [0.5, 0.6) is 17.2 Å². The summed E-state index contributed by atoms with van der Waals surface area (Å²) in [6.07, 6.45) is -3.24. The number of ketones is 2. The fourth-order valence-electron chi connectivity index (χ4n) is 7.23. The van der Waals surface area contributed by atoms with Crippen molar-refractivity contribution < 1.29 is 69.1 Å². The molecule has 57 heavy (non-hydrogen) atoms. The number of ether oxygens (including phenoxy) is 3. The van der Waals surface area contributed by atoms with Gasteiger partial charge < -0.3 is 50.0 Å². The van der Waals surface area contributed by atoms with Crippen molar-refractivity contribution in [2.75, 3.05) is 6.61 Å². The quantitative estimate of drug-likeness (QED) is 0.0394. The third kappa shape index (κ3) is 8.02. The Hall–Kier alpha value is -5.58. The van der Waals surface area contributed by atoms with E-state index in [0.717, 1.165) is 18.6 Å². The number of fused-ring (bicyclic) bond motifs is 2. The van der Waals surface area contributed by atoms with Gasteiger partial charge in [-0.25, -0.2) is 0 Å². The molecule has 0 saturated carbocycles. The second kappa shape index (κ2) is 17.3. The van der Waals surface area contributed by atoms with Gasteiger partial charge in [-0.2, -0.15) is 0 Å². The van der Waals surface area contributed by atoms with E-state index >= 15 is 0 Å². The van der Waals surface area contributed by atoms with Crippen LogP contribution in [0.2, 0.25) is 0 Å². The lowest BCUT2D eigenvalue weighted by atomic mass is 9.77. The summed E-state index contributed by atoms with van der Waals surface area (Å²) in [5, 5.41) is 73.4. The van der Waals surface area contributed by atoms with Crippen LogP contribution >= 0.6 is 0 Å². The molecule has 0 bridgehead atoms. The summed E-state index contributed by atoms with van der Waals surface area (Å²) in [7, 11) is 0. The minimum atomic E-state index is -1.82. The Morgan fingerprint density at radius 1 is 0.807 bits per heavy atom. The second-order valence-corrected chi connectivity index (χ2v) is 13.9. The molecule has 0 unspecified atom stereocenters. The predicted octanol–water partition coefficient (Wildman–Crippen LogP) is 2.78. The smallest absolute Gasteiger partial charge is 0.308 e. The predicted molar refractivity (Wildman–Crippen MR) is 203 cm³/mol. The van der Waals surface area contributed by atoms with Crippen molar-refractivity contribution in [3.8, 4) is 17.2 Å². The zero-order valence-corrected chi connectivity index (χ0v) is 31.0. The number of benzene rings is 4. The van der Waals surface area contributed by atoms with Crippen molar-refractivity contribution in [2.45, 2.75) is 77.0 Å². The summed E-state index contributed by atoms with van der Waals surface area (Å²) in [5.74, 6) is -3.62. The standard InChI is InChI=1S/C43H42O14/c1-21-37(49)41(53)42(54)43(55-21)57-33-17-30-36(38(50)29(33)15-25-9-4-10-26(18-45)31(25)20-47)40(52)34-27(19-46)16-32(56-22(2)48)28(35(34)39(30)51)12-11-24-7-3-6-23(14-24)8-5-13-44/h3-4,6-7,9-12,14,16-17,20-21,37,41-46,49-50,53-54H,5,8,13,15,18-19H2,1-2H3/t21-,37-,41-,42-,43-/m1/s1. The van der Waals surface area contributed by atoms with Crippen molar-refractivity contribution in [1.29, 1.82) is 0 Å². The first-order valence-corrected chi connectivity index (χ1v) is 18.2. The van der Waals surface area contributed by atoms with Gasteiger partial charge in [-0.1, -0.05) is 48.5 Å². The third-order valence-corrected chi connectivity index (χ3v) is 10.1. The fraction of sp³-hybridized carbons (Fsp3) is 0.302. The molecule has 4 aromatic carbocycles. The van der Waals surface area contributed by atoms with Crippen LogP contribution < -0.4 is 9.47 Å². The van der Waals surface area contributed by atoms with Gasteiger partial charge in [0, 0.05) is 53.3 Å². The molecule has 1 saturated heterocycles. The molecule has 0 radical (unpaired) electrons. The molecule has 0 spiro atoms. The van der Waals surface area contributed by atoms with E-state index < -0.39 is 72.8 Å². The number of esters is 1. The topological polar surface area (TPSA) is 238 Å². The molecular weight excluding hydrogens is 740 g/mol. The number of phenolic OH excluding ortho intramolecular Hbond substituents is 1. The van der Waals surface area contributed by atoms with Crippen LogP contribution in [-0.2, 0) is 35.6 Å². The first-order valence-electron chi connectivity index (χ1n) is 18.2. The molecule has 5 atom stereocenters. The highest BCUT2D eigenvalue weighted by Gasteiger charge is 2.44. The molecule has 1 heterocycles. The lowest BCUT2D eigenvalue weighted by Gasteiger charge is -2.39. The molecule has 1 aliphatic carbocycles. The monoisotopic (exact) mass is 782 g/mol. The Kier molecular flexibility index (Phi) is 12.4. The van der Waals surface area contributed by atoms with Crippen molar-refractivity contribution in [1.82, 2.24) is 0 Å². The van der Waals surface area contributed by atoms with Gasteiger partial charge in [0.15, 0.2) is 17.9 Å². The van der Waals surface area contributed by atoms with Crippen LogP contribution in [0, 0.1) is 0 Å². The highest BCUT2D eigenvalue weighted by molar-refractivity contribution is 6.31. The highest BCUT2D eigenvalue weighted by Crippen LogP contribution is 2.45. The molecule has 298 valence electrons. The fourth-order valence-corrected chi connectivity index (χ4v) is 7.23. The van der Waals surface area contributed by atoms with E-state index in [2.05, 4.69) is 0 Å². The van der Waals surface area contributed by atoms with Gasteiger partial charge in [-0.05, 0) is 65.8 Å². The maximum absolute atomic E-state index is 14.8. The summed E-state index contributed by atoms with van der Waals surface area (Å²) < 4.78 is 17.2. The summed E-state index contributed by atoms with van der Waals surface area (Å²) in [6, 6.07) is 14.4. The van der Waals surface area contributed by atoms with Gasteiger partial charge in [-0.15, -0.1) is 0 Å². The first kappa shape index (κ1) is 41.1. The SMILES string of the molecule is CC(=O)Oc1cc(CO)c2c(c1C=Cc1cccc(CCCO)c1)C(=O)c1cc(O[C@H]3O[C@H](C)[C@@H](O)[C@@H](O)[C@H]3O)c(Cc3cccc(CO)c3C=O)c(O)c1C2=O. The molecule has 4 aromatic rings. The maximum Gasteiger partial charge on any atom is 0.308 e. The number of phenols is 1. The van der Waals surface area contributed by atoms with Crippen LogP contribution in [0.1, 0.15) is 101 Å². The number of rotatable bonds is 13. The Balaban J connectivity index is 1.56. The number of aryl methyl sites for hydroxylation is 1. The van der Waals surface area contributed by atoms with E-state index in [1.54, 1.807) is 24.3 Å². The zero-order valence-electron chi connectivity index (χ0n) is 31.0. The third-order valence-electron chi connectivity index (χ3n) is 10.1. The number of aromatic hydroxyl groups is 1. The Bertz CT molecular complexity index is 2260. The molecule has 7 N–H and O–H groups in total. The highest BCUT2D eigenvalue weighted by atomic mass is 16.7. The maximum atomic E-state index is 14.8. The minimum absolute atomic E-state index is 0.00567. The lowest BCUT2D eigenvalue weighted by Crippen LogP contribution is -2.58. The van der Waals surface area contributed by atoms with Crippen LogP contribution in [0.3, 0.4) is 0 Å². The first-order chi connectivity index (χ1) is 27.3. The molecule has 14 heteroatoms. The van der Waals surface area contributed by atoms with Crippen LogP contribution in [0.4, 0.5) is 0 Å². The minimum Gasteiger partial charge on any atom is -0.507 e. The Morgan fingerprint density at radius 3 is 2.21 bits per heavy atom. The van der Waals surface area contributed by atoms with Crippen LogP contribution in [0.25, 0.3) is 12.2 Å². The molecule has 6 rings (SSSR count). The van der Waals surface area contributed by atoms with Crippen molar-refractivity contribution >= 4 is 36.0 Å². The molecular formula is C43H42O14. The van der Waals surface area contributed by atoms with Crippen molar-refractivity contribution in [3.05, 3.63) is 121 Å². The summed E-state index contributed by atoms with van der Waals surface area (Å²) in [4.78, 5) is 54.0. The lowest BCUT2D eigenvalue weighted by molar-refractivity contribution is -0.268. The normalized spacial score (nSPS) is 20.3. The van der Waals surface area contributed by atoms with E-state index in [4.69, 9.17) is 14.2 Å². The van der Waals surface area contributed by atoms with E-state index in [0.29, 0.717) is 24.7 Å². The van der Waals surface area contributed by atoms with Gasteiger partial charge in [0.1, 0.15) is 35.6 Å². The van der Waals surface area contributed by atoms with E-state index in [-0.39, 0.29) is 74.6 Å². The molecule has 0 amide bonds. The van der Waals surface area contributed by atoms with Gasteiger partial charge in [0.25, 0.3) is 0 Å². The van der Waals surface area contributed by atoms with Gasteiger partial charge in [0.05, 0.1) is 24.9 Å². The molecule has 2 aliphatic rings. The number of aldehydes is 1. The number of carbonyl (C=O) groups excluding carboxylic acids is 4. The number of aliphatic hydroxyl groups excluding tert-OH is 6. The summed E-state index contributed by atoms with van der Waals surface area (Å²) >= 11 is 0. The number of hydrogen-bond acceptors (Lipinski definition) is 14. The average Bonchev–Trinajstić information content (AvgIpc) is 3.20. The molecule has 1 aliphatic heterocycles. The molecule has 14 nitrogen and oxygen atoms in total. The molecule has 1 fully saturated rings. The largest absolute Gasteiger partial charge is 0.507 e. The van der Waals surface area contributed by atoms with Gasteiger partial charge in [0.2, 0.25) is 6.29 Å². The van der Waals surface area contributed by atoms with Crippen molar-refractivity contribution in [2.24, 2.45) is 0 Å². The molecule has 0 aromatic heterocycles. The summed E-state index contributed by atoms with van der Waals surface area (Å²) in [5.41, 5.74) is 0.722. The van der Waals surface area contributed by atoms with E-state index in [9.17, 15) is 54.9 Å². The van der Waals surface area contributed by atoms with E-state index in [1.165, 1.54) is 25.1 Å². The van der Waals surface area contributed by atoms with Crippen molar-refractivity contribution in [3.63, 3.8) is 0 Å².